The highest BCUT2D eigenvalue weighted by atomic mass is 19.4. The number of Topliss-reactive ketones (excluding diaryl/α,β-unsaturated/α-hetero) is 1. The molecule has 0 aliphatic carbocycles. The lowest BCUT2D eigenvalue weighted by Crippen LogP contribution is -2.43. The molecule has 1 heterocycles. The molecule has 1 aliphatic rings. The zero-order valence-corrected chi connectivity index (χ0v) is 9.63. The molecule has 0 bridgehead atoms. The molecule has 0 aromatic heterocycles. The quantitative estimate of drug-likeness (QED) is 0.753. The van der Waals surface area contributed by atoms with Gasteiger partial charge in [-0.2, -0.15) is 0 Å². The second kappa shape index (κ2) is 6.14. The van der Waals surface area contributed by atoms with Gasteiger partial charge in [0.15, 0.2) is 5.78 Å². The van der Waals surface area contributed by atoms with Crippen LogP contribution in [-0.4, -0.2) is 37.2 Å². The lowest BCUT2D eigenvalue weighted by molar-refractivity contribution is -0.320. The van der Waals surface area contributed by atoms with Crippen molar-refractivity contribution in [1.29, 1.82) is 0 Å². The van der Waals surface area contributed by atoms with Gasteiger partial charge in [-0.15, -0.1) is 13.2 Å². The maximum absolute atomic E-state index is 11.7. The van der Waals surface area contributed by atoms with Crippen molar-refractivity contribution < 1.29 is 27.5 Å². The average molecular weight is 268 g/mol. The van der Waals surface area contributed by atoms with Gasteiger partial charge in [0.1, 0.15) is 6.61 Å². The van der Waals surface area contributed by atoms with E-state index in [-0.39, 0.29) is 12.3 Å². The molecule has 1 amide bonds. The van der Waals surface area contributed by atoms with Crippen molar-refractivity contribution in [3.8, 4) is 0 Å². The first kappa shape index (κ1) is 14.9. The van der Waals surface area contributed by atoms with Crippen LogP contribution in [0.3, 0.4) is 0 Å². The van der Waals surface area contributed by atoms with E-state index in [1.807, 2.05) is 0 Å². The molecule has 0 spiro atoms. The number of amides is 1. The van der Waals surface area contributed by atoms with Crippen LogP contribution in [0.1, 0.15) is 19.3 Å². The summed E-state index contributed by atoms with van der Waals surface area (Å²) in [5, 5.41) is 2.62. The maximum Gasteiger partial charge on any atom is 0.522 e. The lowest BCUT2D eigenvalue weighted by atomic mass is 9.90. The summed E-state index contributed by atoms with van der Waals surface area (Å²) in [5.74, 6) is -1.48. The number of alkyl halides is 3. The van der Waals surface area contributed by atoms with Gasteiger partial charge in [-0.1, -0.05) is 0 Å². The smallest absolute Gasteiger partial charge is 0.356 e. The fourth-order valence-electron chi connectivity index (χ4n) is 1.76. The summed E-state index contributed by atoms with van der Waals surface area (Å²) in [6.45, 7) is -0.533. The first-order valence-corrected chi connectivity index (χ1v) is 5.56. The van der Waals surface area contributed by atoms with Gasteiger partial charge in [0, 0.05) is 12.5 Å². The first-order chi connectivity index (χ1) is 8.29. The molecule has 5 nitrogen and oxygen atoms in total. The van der Waals surface area contributed by atoms with Gasteiger partial charge in [0.25, 0.3) is 0 Å². The summed E-state index contributed by atoms with van der Waals surface area (Å²) in [5.41, 5.74) is 5.46. The summed E-state index contributed by atoms with van der Waals surface area (Å²) >= 11 is 0. The van der Waals surface area contributed by atoms with Gasteiger partial charge in [-0.3, -0.25) is 14.3 Å². The standard InChI is InChI=1S/C10H15F3N2O3/c11-10(12,13)18-5-8(16)7(14)4-6-2-1-3-15-9(6)17/h6-7H,1-5,14H2,(H,15,17). The molecule has 0 aromatic carbocycles. The van der Waals surface area contributed by atoms with E-state index in [9.17, 15) is 22.8 Å². The molecule has 1 aliphatic heterocycles. The zero-order chi connectivity index (χ0) is 13.8. The monoisotopic (exact) mass is 268 g/mol. The number of carbonyl (C=O) groups is 2. The number of carbonyl (C=O) groups excluding carboxylic acids is 2. The number of nitrogens with one attached hydrogen (secondary N) is 1. The highest BCUT2D eigenvalue weighted by molar-refractivity contribution is 5.86. The topological polar surface area (TPSA) is 81.4 Å². The van der Waals surface area contributed by atoms with Crippen LogP contribution in [0.5, 0.6) is 0 Å². The van der Waals surface area contributed by atoms with Crippen molar-refractivity contribution in [2.45, 2.75) is 31.7 Å². The van der Waals surface area contributed by atoms with Crippen molar-refractivity contribution in [3.05, 3.63) is 0 Å². The van der Waals surface area contributed by atoms with Crippen LogP contribution >= 0.6 is 0 Å². The van der Waals surface area contributed by atoms with Crippen molar-refractivity contribution in [2.24, 2.45) is 11.7 Å². The largest absolute Gasteiger partial charge is 0.522 e. The predicted octanol–water partition coefficient (Wildman–Crippen LogP) is 0.335. The number of hydrogen-bond acceptors (Lipinski definition) is 4. The third-order valence-corrected chi connectivity index (χ3v) is 2.73. The van der Waals surface area contributed by atoms with E-state index in [0.29, 0.717) is 13.0 Å². The minimum atomic E-state index is -4.85. The third-order valence-electron chi connectivity index (χ3n) is 2.73. The molecule has 0 saturated carbocycles. The van der Waals surface area contributed by atoms with Crippen molar-refractivity contribution in [3.63, 3.8) is 0 Å². The molecular weight excluding hydrogens is 253 g/mol. The van der Waals surface area contributed by atoms with Crippen molar-refractivity contribution in [2.75, 3.05) is 13.2 Å². The SMILES string of the molecule is NC(CC1CCCNC1=O)C(=O)COC(F)(F)F. The Balaban J connectivity index is 2.37. The number of halogens is 3. The molecule has 3 N–H and O–H groups in total. The Kier molecular flexibility index (Phi) is 5.09. The van der Waals surface area contributed by atoms with Crippen LogP contribution in [0.4, 0.5) is 13.2 Å². The van der Waals surface area contributed by atoms with E-state index >= 15 is 0 Å². The molecule has 1 rings (SSSR count). The summed E-state index contributed by atoms with van der Waals surface area (Å²) in [6.07, 6.45) is -3.44. The van der Waals surface area contributed by atoms with Crippen LogP contribution < -0.4 is 11.1 Å². The second-order valence-electron chi connectivity index (χ2n) is 4.17. The molecule has 1 fully saturated rings. The number of piperidine rings is 1. The third kappa shape index (κ3) is 5.01. The molecule has 104 valence electrons. The number of nitrogens with two attached hydrogens (primary N) is 1. The number of ether oxygens (including phenoxy) is 1. The maximum atomic E-state index is 11.7. The fourth-order valence-corrected chi connectivity index (χ4v) is 1.76. The molecule has 8 heteroatoms. The van der Waals surface area contributed by atoms with E-state index in [4.69, 9.17) is 5.73 Å². The Morgan fingerprint density at radius 1 is 1.56 bits per heavy atom. The Hall–Kier alpha value is -1.15. The molecule has 18 heavy (non-hydrogen) atoms. The van der Waals surface area contributed by atoms with E-state index in [0.717, 1.165) is 6.42 Å². The Labute approximate surface area is 102 Å². The Morgan fingerprint density at radius 3 is 2.78 bits per heavy atom. The summed E-state index contributed by atoms with van der Waals surface area (Å²) in [4.78, 5) is 22.7. The zero-order valence-electron chi connectivity index (χ0n) is 9.63. The van der Waals surface area contributed by atoms with Crippen LogP contribution in [-0.2, 0) is 14.3 Å². The molecule has 0 radical (unpaired) electrons. The number of rotatable bonds is 5. The fraction of sp³-hybridized carbons (Fsp3) is 0.800. The molecule has 0 aromatic rings. The van der Waals surface area contributed by atoms with Crippen LogP contribution in [0.15, 0.2) is 0 Å². The second-order valence-corrected chi connectivity index (χ2v) is 4.17. The first-order valence-electron chi connectivity index (χ1n) is 5.56. The minimum absolute atomic E-state index is 0.0475. The van der Waals surface area contributed by atoms with E-state index in [2.05, 4.69) is 10.1 Å². The van der Waals surface area contributed by atoms with Gasteiger partial charge in [0.2, 0.25) is 5.91 Å². The molecule has 1 saturated heterocycles. The molecular formula is C10H15F3N2O3. The van der Waals surface area contributed by atoms with E-state index in [1.165, 1.54) is 0 Å². The van der Waals surface area contributed by atoms with Crippen LogP contribution in [0.25, 0.3) is 0 Å². The summed E-state index contributed by atoms with van der Waals surface area (Å²) in [7, 11) is 0. The van der Waals surface area contributed by atoms with Crippen molar-refractivity contribution >= 4 is 11.7 Å². The number of ketones is 1. The van der Waals surface area contributed by atoms with Gasteiger partial charge < -0.3 is 11.1 Å². The van der Waals surface area contributed by atoms with Gasteiger partial charge in [-0.25, -0.2) is 0 Å². The lowest BCUT2D eigenvalue weighted by Gasteiger charge is -2.23. The highest BCUT2D eigenvalue weighted by Gasteiger charge is 2.32. The predicted molar refractivity (Wildman–Crippen MR) is 55.3 cm³/mol. The summed E-state index contributed by atoms with van der Waals surface area (Å²) in [6, 6.07) is -1.11. The van der Waals surface area contributed by atoms with Gasteiger partial charge >= 0.3 is 6.36 Å². The Bertz CT molecular complexity index is 320. The highest BCUT2D eigenvalue weighted by Crippen LogP contribution is 2.19. The van der Waals surface area contributed by atoms with E-state index in [1.54, 1.807) is 0 Å². The van der Waals surface area contributed by atoms with Gasteiger partial charge in [0.05, 0.1) is 6.04 Å². The number of hydrogen-bond donors (Lipinski definition) is 2. The summed E-state index contributed by atoms with van der Waals surface area (Å²) < 4.78 is 38.6. The van der Waals surface area contributed by atoms with Gasteiger partial charge in [-0.05, 0) is 19.3 Å². The average Bonchev–Trinajstić information content (AvgIpc) is 2.28. The van der Waals surface area contributed by atoms with Crippen LogP contribution in [0, 0.1) is 5.92 Å². The van der Waals surface area contributed by atoms with E-state index < -0.39 is 30.7 Å². The minimum Gasteiger partial charge on any atom is -0.356 e. The normalized spacial score (nSPS) is 22.4. The molecule has 2 atom stereocenters. The molecule has 2 unspecified atom stereocenters. The van der Waals surface area contributed by atoms with Crippen LogP contribution in [0.2, 0.25) is 0 Å². The van der Waals surface area contributed by atoms with Crippen molar-refractivity contribution in [1.82, 2.24) is 5.32 Å². The Morgan fingerprint density at radius 2 is 2.22 bits per heavy atom.